The number of hydrogen-bond acceptors (Lipinski definition) is 0. The smallest absolute Gasteiger partial charge is 0.0547 e. The summed E-state index contributed by atoms with van der Waals surface area (Å²) in [4.78, 5) is 0. The first-order valence-electron chi connectivity index (χ1n) is 19.7. The van der Waals surface area contributed by atoms with Crippen LogP contribution in [0.15, 0.2) is 212 Å². The Morgan fingerprint density at radius 2 is 0.772 bits per heavy atom. The third kappa shape index (κ3) is 5.63. The predicted octanol–water partition coefficient (Wildman–Crippen LogP) is 15.4. The van der Waals surface area contributed by atoms with Crippen LogP contribution in [0.1, 0.15) is 11.1 Å². The van der Waals surface area contributed by atoms with Crippen LogP contribution in [0.25, 0.3) is 105 Å². The van der Waals surface area contributed by atoms with E-state index in [1.54, 1.807) is 0 Å². The maximum Gasteiger partial charge on any atom is 0.0547 e. The molecular formula is C56H37N. The molecule has 0 unspecified atom stereocenters. The topological polar surface area (TPSA) is 4.93 Å². The second-order valence-electron chi connectivity index (χ2n) is 14.9. The lowest BCUT2D eigenvalue weighted by atomic mass is 9.85. The average Bonchev–Trinajstić information content (AvgIpc) is 3.61. The van der Waals surface area contributed by atoms with Gasteiger partial charge in [0, 0.05) is 16.5 Å². The predicted molar refractivity (Wildman–Crippen MR) is 245 cm³/mol. The van der Waals surface area contributed by atoms with E-state index in [2.05, 4.69) is 229 Å². The fraction of sp³-hybridized carbons (Fsp3) is 0. The largest absolute Gasteiger partial charge is 0.309 e. The normalized spacial score (nSPS) is 11.8. The summed E-state index contributed by atoms with van der Waals surface area (Å²) in [6.07, 6.45) is 4.41. The third-order valence-corrected chi connectivity index (χ3v) is 11.6. The first-order chi connectivity index (χ1) is 28.3. The highest BCUT2D eigenvalue weighted by Gasteiger charge is 2.19. The molecule has 0 aliphatic heterocycles. The number of hydrogen-bond donors (Lipinski definition) is 0. The molecule has 10 aromatic carbocycles. The molecule has 57 heavy (non-hydrogen) atoms. The van der Waals surface area contributed by atoms with Gasteiger partial charge in [-0.3, -0.25) is 0 Å². The first-order valence-corrected chi connectivity index (χ1v) is 19.7. The van der Waals surface area contributed by atoms with E-state index in [9.17, 15) is 0 Å². The van der Waals surface area contributed by atoms with Gasteiger partial charge in [-0.1, -0.05) is 200 Å². The number of nitrogens with zero attached hydrogens (tertiary/aromatic N) is 1. The van der Waals surface area contributed by atoms with Gasteiger partial charge in [0.15, 0.2) is 0 Å². The van der Waals surface area contributed by atoms with Crippen molar-refractivity contribution in [3.63, 3.8) is 0 Å². The number of para-hydroxylation sites is 2. The second-order valence-corrected chi connectivity index (χ2v) is 14.9. The minimum absolute atomic E-state index is 1.17. The molecular weight excluding hydrogens is 687 g/mol. The summed E-state index contributed by atoms with van der Waals surface area (Å²) >= 11 is 0. The Hall–Kier alpha value is -7.48. The van der Waals surface area contributed by atoms with E-state index in [0.717, 1.165) is 0 Å². The molecule has 0 aliphatic rings. The number of benzene rings is 10. The van der Waals surface area contributed by atoms with Gasteiger partial charge in [0.05, 0.1) is 11.0 Å². The Kier molecular flexibility index (Phi) is 7.89. The van der Waals surface area contributed by atoms with Crippen molar-refractivity contribution in [1.29, 1.82) is 0 Å². The van der Waals surface area contributed by atoms with Crippen molar-refractivity contribution >= 4 is 66.3 Å². The molecule has 0 fully saturated rings. The summed E-state index contributed by atoms with van der Waals surface area (Å²) in [5.41, 5.74) is 13.4. The highest BCUT2D eigenvalue weighted by atomic mass is 15.0. The second kappa shape index (κ2) is 13.7. The maximum atomic E-state index is 2.41. The molecule has 0 saturated heterocycles. The minimum atomic E-state index is 1.17. The lowest BCUT2D eigenvalue weighted by Gasteiger charge is -2.18. The number of rotatable bonds is 6. The molecule has 0 bridgehead atoms. The standard InChI is InChI=1S/C56H37N/c1-2-15-44(16-3-1)57-53-24-11-10-18-47(53)48-36-35-43(37-54(48)57)56-51-21-8-6-19-49(51)55(50-20-7-9-22-52(50)56)42-33-29-39(30-34-42)26-25-38-27-31-41(32-28-38)46-23-12-14-40-13-4-5-17-45(40)46/h1-37H. The zero-order valence-electron chi connectivity index (χ0n) is 31.3. The quantitative estimate of drug-likeness (QED) is 0.119. The van der Waals surface area contributed by atoms with Crippen molar-refractivity contribution in [2.45, 2.75) is 0 Å². The highest BCUT2D eigenvalue weighted by Crippen LogP contribution is 2.45. The molecule has 0 atom stereocenters. The van der Waals surface area contributed by atoms with Gasteiger partial charge in [-0.2, -0.15) is 0 Å². The molecule has 0 amide bonds. The lowest BCUT2D eigenvalue weighted by Crippen LogP contribution is -1.94. The van der Waals surface area contributed by atoms with Gasteiger partial charge in [-0.25, -0.2) is 0 Å². The van der Waals surface area contributed by atoms with Crippen LogP contribution in [-0.4, -0.2) is 4.57 Å². The van der Waals surface area contributed by atoms with Crippen LogP contribution in [0.5, 0.6) is 0 Å². The highest BCUT2D eigenvalue weighted by molar-refractivity contribution is 6.22. The summed E-state index contributed by atoms with van der Waals surface area (Å²) in [6, 6.07) is 77.4. The van der Waals surface area contributed by atoms with Crippen LogP contribution in [0, 0.1) is 0 Å². The van der Waals surface area contributed by atoms with E-state index < -0.39 is 0 Å². The van der Waals surface area contributed by atoms with Crippen molar-refractivity contribution in [1.82, 2.24) is 4.57 Å². The molecule has 11 rings (SSSR count). The van der Waals surface area contributed by atoms with Crippen LogP contribution >= 0.6 is 0 Å². The zero-order valence-corrected chi connectivity index (χ0v) is 31.3. The van der Waals surface area contributed by atoms with E-state index in [1.165, 1.54) is 104 Å². The fourth-order valence-corrected chi connectivity index (χ4v) is 8.94. The molecule has 0 aliphatic carbocycles. The first kappa shape index (κ1) is 32.9. The average molecular weight is 724 g/mol. The number of aromatic nitrogens is 1. The van der Waals surface area contributed by atoms with E-state index in [-0.39, 0.29) is 0 Å². The maximum absolute atomic E-state index is 2.41. The summed E-state index contributed by atoms with van der Waals surface area (Å²) in [5.74, 6) is 0. The Bertz CT molecular complexity index is 3250. The van der Waals surface area contributed by atoms with Crippen molar-refractivity contribution in [3.8, 4) is 39.1 Å². The van der Waals surface area contributed by atoms with Gasteiger partial charge < -0.3 is 4.57 Å². The van der Waals surface area contributed by atoms with Gasteiger partial charge in [-0.05, 0) is 101 Å². The van der Waals surface area contributed by atoms with Crippen LogP contribution in [0.2, 0.25) is 0 Å². The Balaban J connectivity index is 0.980. The van der Waals surface area contributed by atoms with E-state index >= 15 is 0 Å². The fourth-order valence-electron chi connectivity index (χ4n) is 8.94. The van der Waals surface area contributed by atoms with E-state index in [0.29, 0.717) is 0 Å². The molecule has 1 nitrogen and oxygen atoms in total. The lowest BCUT2D eigenvalue weighted by molar-refractivity contribution is 1.18. The van der Waals surface area contributed by atoms with Gasteiger partial charge in [0.25, 0.3) is 0 Å². The number of fused-ring (bicyclic) bond motifs is 6. The summed E-state index contributed by atoms with van der Waals surface area (Å²) in [6.45, 7) is 0. The summed E-state index contributed by atoms with van der Waals surface area (Å²) < 4.78 is 2.41. The van der Waals surface area contributed by atoms with E-state index in [1.807, 2.05) is 0 Å². The molecule has 1 heterocycles. The van der Waals surface area contributed by atoms with Crippen LogP contribution in [0.4, 0.5) is 0 Å². The molecule has 0 spiro atoms. The minimum Gasteiger partial charge on any atom is -0.309 e. The van der Waals surface area contributed by atoms with Crippen LogP contribution in [0.3, 0.4) is 0 Å². The Morgan fingerprint density at radius 3 is 1.42 bits per heavy atom. The molecule has 1 aromatic heterocycles. The Morgan fingerprint density at radius 1 is 0.298 bits per heavy atom. The SMILES string of the molecule is C(=Cc1ccc(-c2c3ccccc3c(-c3ccc4c5ccccc5n(-c5ccccc5)c4c3)c3ccccc23)cc1)c1ccc(-c2cccc3ccccc23)cc1. The van der Waals surface area contributed by atoms with Gasteiger partial charge in [0.2, 0.25) is 0 Å². The summed E-state index contributed by atoms with van der Waals surface area (Å²) in [5, 5.41) is 10.1. The molecule has 0 radical (unpaired) electrons. The summed E-state index contributed by atoms with van der Waals surface area (Å²) in [7, 11) is 0. The van der Waals surface area contributed by atoms with Crippen LogP contribution < -0.4 is 0 Å². The van der Waals surface area contributed by atoms with Crippen molar-refractivity contribution in [3.05, 3.63) is 223 Å². The third-order valence-electron chi connectivity index (χ3n) is 11.6. The van der Waals surface area contributed by atoms with Gasteiger partial charge >= 0.3 is 0 Å². The van der Waals surface area contributed by atoms with Crippen molar-refractivity contribution < 1.29 is 0 Å². The van der Waals surface area contributed by atoms with Gasteiger partial charge in [-0.15, -0.1) is 0 Å². The monoisotopic (exact) mass is 723 g/mol. The Labute approximate surface area is 332 Å². The molecule has 1 heteroatoms. The van der Waals surface area contributed by atoms with Crippen molar-refractivity contribution in [2.24, 2.45) is 0 Å². The van der Waals surface area contributed by atoms with E-state index in [4.69, 9.17) is 0 Å². The zero-order chi connectivity index (χ0) is 37.7. The molecule has 266 valence electrons. The molecule has 11 aromatic rings. The van der Waals surface area contributed by atoms with Crippen LogP contribution in [-0.2, 0) is 0 Å². The van der Waals surface area contributed by atoms with Crippen molar-refractivity contribution in [2.75, 3.05) is 0 Å². The van der Waals surface area contributed by atoms with Gasteiger partial charge in [0.1, 0.15) is 0 Å². The molecule has 0 N–H and O–H groups in total. The molecule has 0 saturated carbocycles.